The molecule has 0 unspecified atom stereocenters. The van der Waals surface area contributed by atoms with Crippen LogP contribution in [-0.4, -0.2) is 11.6 Å². The first kappa shape index (κ1) is 25.1. The maximum Gasteiger partial charge on any atom is 0.280 e. The van der Waals surface area contributed by atoms with Crippen molar-refractivity contribution < 1.29 is 31.5 Å². The average Bonchev–Trinajstić information content (AvgIpc) is 3.10. The van der Waals surface area contributed by atoms with E-state index in [1.807, 2.05) is 34.7 Å². The number of ether oxygens (including phenoxy) is 1. The molecule has 0 aromatic heterocycles. The summed E-state index contributed by atoms with van der Waals surface area (Å²) < 4.78 is 75.5. The molecule has 0 saturated heterocycles. The Kier molecular flexibility index (Phi) is 7.13. The van der Waals surface area contributed by atoms with E-state index >= 15 is 0 Å². The molecule has 3 aromatic carbocycles. The summed E-state index contributed by atoms with van der Waals surface area (Å²) in [6.07, 6.45) is 1.40. The fourth-order valence-corrected chi connectivity index (χ4v) is 4.16. The molecule has 0 bridgehead atoms. The van der Waals surface area contributed by atoms with Gasteiger partial charge in [0.25, 0.3) is 5.91 Å². The second kappa shape index (κ2) is 9.94. The maximum atomic E-state index is 14.2. The number of anilines is 1. The lowest BCUT2D eigenvalue weighted by molar-refractivity contribution is -0.114. The van der Waals surface area contributed by atoms with Crippen LogP contribution in [0.25, 0.3) is 6.08 Å². The first-order valence-electron chi connectivity index (χ1n) is 9.89. The molecule has 180 valence electrons. The molecule has 0 radical (unpaired) electrons. The van der Waals surface area contributed by atoms with Crippen molar-refractivity contribution >= 4 is 57.6 Å². The molecular formula is C24H13ClF5IN2O2. The highest BCUT2D eigenvalue weighted by molar-refractivity contribution is 14.1. The van der Waals surface area contributed by atoms with Crippen molar-refractivity contribution in [2.45, 2.75) is 13.5 Å². The van der Waals surface area contributed by atoms with Gasteiger partial charge in [-0.15, -0.1) is 0 Å². The second-order valence-corrected chi connectivity index (χ2v) is 8.92. The van der Waals surface area contributed by atoms with Crippen LogP contribution in [0.3, 0.4) is 0 Å². The Morgan fingerprint density at radius 2 is 1.63 bits per heavy atom. The minimum atomic E-state index is -2.32. The molecule has 0 fully saturated rings. The summed E-state index contributed by atoms with van der Waals surface area (Å²) in [6.45, 7) is 1.61. The summed E-state index contributed by atoms with van der Waals surface area (Å²) in [7, 11) is 0. The molecule has 0 N–H and O–H groups in total. The van der Waals surface area contributed by atoms with Crippen LogP contribution < -0.4 is 9.75 Å². The number of halogens is 7. The van der Waals surface area contributed by atoms with Crippen LogP contribution in [0, 0.1) is 32.7 Å². The lowest BCUT2D eigenvalue weighted by Gasteiger charge is -2.15. The van der Waals surface area contributed by atoms with Gasteiger partial charge in [0.1, 0.15) is 18.0 Å². The van der Waals surface area contributed by atoms with Crippen molar-refractivity contribution in [1.29, 1.82) is 0 Å². The smallest absolute Gasteiger partial charge is 0.280 e. The Hall–Kier alpha value is -2.99. The number of hydrogen-bond acceptors (Lipinski definition) is 3. The maximum absolute atomic E-state index is 14.2. The normalized spacial score (nSPS) is 14.6. The molecule has 0 saturated carbocycles. The molecule has 1 aliphatic heterocycles. The Bertz CT molecular complexity index is 1400. The van der Waals surface area contributed by atoms with Gasteiger partial charge < -0.3 is 4.74 Å². The highest BCUT2D eigenvalue weighted by Crippen LogP contribution is 2.34. The number of carbonyl (C=O) groups excluding carboxylic acids is 1. The third kappa shape index (κ3) is 4.76. The number of carbonyl (C=O) groups is 1. The predicted octanol–water partition coefficient (Wildman–Crippen LogP) is 7.03. The lowest BCUT2D eigenvalue weighted by Crippen LogP contribution is -2.25. The summed E-state index contributed by atoms with van der Waals surface area (Å²) in [6, 6.07) is 12.2. The zero-order valence-electron chi connectivity index (χ0n) is 17.7. The van der Waals surface area contributed by atoms with E-state index in [-0.39, 0.29) is 22.9 Å². The van der Waals surface area contributed by atoms with Gasteiger partial charge in [0.15, 0.2) is 23.3 Å². The van der Waals surface area contributed by atoms with Gasteiger partial charge in [-0.3, -0.25) is 4.79 Å². The van der Waals surface area contributed by atoms with Gasteiger partial charge in [-0.1, -0.05) is 35.9 Å². The fourth-order valence-electron chi connectivity index (χ4n) is 3.28. The van der Waals surface area contributed by atoms with Gasteiger partial charge in [0.2, 0.25) is 5.82 Å². The summed E-state index contributed by atoms with van der Waals surface area (Å²) in [4.78, 5) is 12.8. The molecule has 1 amide bonds. The first-order chi connectivity index (χ1) is 16.6. The lowest BCUT2D eigenvalue weighted by atomic mass is 10.1. The van der Waals surface area contributed by atoms with Crippen LogP contribution in [0.2, 0.25) is 5.02 Å². The van der Waals surface area contributed by atoms with Gasteiger partial charge in [0, 0.05) is 10.6 Å². The zero-order chi connectivity index (χ0) is 25.4. The second-order valence-electron chi connectivity index (χ2n) is 7.35. The van der Waals surface area contributed by atoms with E-state index in [1.54, 1.807) is 30.3 Å². The zero-order valence-corrected chi connectivity index (χ0v) is 20.6. The number of benzene rings is 3. The van der Waals surface area contributed by atoms with E-state index in [0.29, 0.717) is 19.9 Å². The molecule has 0 aliphatic carbocycles. The molecule has 0 spiro atoms. The monoisotopic (exact) mass is 618 g/mol. The van der Waals surface area contributed by atoms with Gasteiger partial charge in [0.05, 0.1) is 14.9 Å². The largest absolute Gasteiger partial charge is 0.488 e. The minimum Gasteiger partial charge on any atom is -0.488 e. The van der Waals surface area contributed by atoms with Crippen molar-refractivity contribution in [3.05, 3.63) is 96.8 Å². The quantitative estimate of drug-likeness (QED) is 0.101. The first-order valence-corrected chi connectivity index (χ1v) is 11.3. The molecular weight excluding hydrogens is 606 g/mol. The van der Waals surface area contributed by atoms with E-state index in [9.17, 15) is 26.7 Å². The highest BCUT2D eigenvalue weighted by atomic mass is 127. The molecule has 3 aromatic rings. The van der Waals surface area contributed by atoms with Crippen LogP contribution in [0.5, 0.6) is 5.75 Å². The van der Waals surface area contributed by atoms with Gasteiger partial charge >= 0.3 is 0 Å². The standard InChI is InChI=1S/C24H13ClF5IN2O2/c1-11-14(24(34)33(32-11)23-21(29)19(27)18(26)20(28)22(23)30)8-12-6-7-17(16(31)9-12)35-10-13-4-2-3-5-15(13)25/h2-9H,10H2,1H3/b14-8+. The Morgan fingerprint density at radius 3 is 2.26 bits per heavy atom. The fraction of sp³-hybridized carbons (Fsp3) is 0.0833. The molecule has 1 heterocycles. The third-order valence-electron chi connectivity index (χ3n) is 5.07. The molecule has 11 heteroatoms. The van der Waals surface area contributed by atoms with Crippen molar-refractivity contribution in [3.63, 3.8) is 0 Å². The Morgan fingerprint density at radius 1 is 1.00 bits per heavy atom. The van der Waals surface area contributed by atoms with Crippen molar-refractivity contribution in [1.82, 2.24) is 0 Å². The van der Waals surface area contributed by atoms with Crippen LogP contribution in [0.1, 0.15) is 18.1 Å². The Balaban J connectivity index is 1.60. The predicted molar refractivity (Wildman–Crippen MR) is 130 cm³/mol. The van der Waals surface area contributed by atoms with Gasteiger partial charge in [-0.25, -0.2) is 22.0 Å². The van der Waals surface area contributed by atoms with Crippen LogP contribution in [0.4, 0.5) is 27.6 Å². The van der Waals surface area contributed by atoms with E-state index in [4.69, 9.17) is 16.3 Å². The van der Waals surface area contributed by atoms with Gasteiger partial charge in [-0.2, -0.15) is 10.1 Å². The summed E-state index contributed by atoms with van der Waals surface area (Å²) in [5, 5.41) is 4.46. The molecule has 0 atom stereocenters. The Labute approximate surface area is 214 Å². The average molecular weight is 619 g/mol. The number of hydrazone groups is 1. The third-order valence-corrected chi connectivity index (χ3v) is 6.28. The SMILES string of the molecule is CC1=NN(c2c(F)c(F)c(F)c(F)c2F)C(=O)/C1=C/c1ccc(OCc2ccccc2Cl)c(I)c1. The molecule has 4 rings (SSSR count). The van der Waals surface area contributed by atoms with E-state index in [1.165, 1.54) is 13.0 Å². The minimum absolute atomic E-state index is 0.0352. The van der Waals surface area contributed by atoms with Crippen molar-refractivity contribution in [3.8, 4) is 5.75 Å². The van der Waals surface area contributed by atoms with Crippen LogP contribution in [0.15, 0.2) is 53.1 Å². The number of hydrogen-bond donors (Lipinski definition) is 0. The number of rotatable bonds is 5. The molecule has 4 nitrogen and oxygen atoms in total. The summed E-state index contributed by atoms with van der Waals surface area (Å²) in [5.74, 6) is -11.4. The summed E-state index contributed by atoms with van der Waals surface area (Å²) in [5.41, 5.74) is -0.154. The highest BCUT2D eigenvalue weighted by Gasteiger charge is 2.37. The molecule has 35 heavy (non-hydrogen) atoms. The van der Waals surface area contributed by atoms with Crippen molar-refractivity contribution in [2.24, 2.45) is 5.10 Å². The van der Waals surface area contributed by atoms with Gasteiger partial charge in [-0.05, 0) is 59.4 Å². The summed E-state index contributed by atoms with van der Waals surface area (Å²) >= 11 is 8.17. The van der Waals surface area contributed by atoms with Crippen LogP contribution in [-0.2, 0) is 11.4 Å². The van der Waals surface area contributed by atoms with Crippen molar-refractivity contribution in [2.75, 3.05) is 5.01 Å². The number of nitrogens with zero attached hydrogens (tertiary/aromatic N) is 2. The topological polar surface area (TPSA) is 41.9 Å². The van der Waals surface area contributed by atoms with E-state index in [2.05, 4.69) is 5.10 Å². The molecule has 1 aliphatic rings. The van der Waals surface area contributed by atoms with Crippen LogP contribution >= 0.6 is 34.2 Å². The van der Waals surface area contributed by atoms with E-state index in [0.717, 1.165) is 5.56 Å². The van der Waals surface area contributed by atoms with E-state index < -0.39 is 40.7 Å². The number of amides is 1.